The van der Waals surface area contributed by atoms with Crippen LogP contribution in [0.15, 0.2) is 0 Å². The Morgan fingerprint density at radius 3 is 1.00 bits per heavy atom. The van der Waals surface area contributed by atoms with E-state index in [0.717, 1.165) is 0 Å². The molecule has 0 unspecified atom stereocenters. The number of hydrogen-bond acceptors (Lipinski definition) is 0. The van der Waals surface area contributed by atoms with E-state index in [-0.39, 0.29) is 40.0 Å². The summed E-state index contributed by atoms with van der Waals surface area (Å²) in [7, 11) is 0. The standard InChI is InChI=1S/C3H4.5CH4.2H2/c1-3-2;;;;;;;/h1H,2H3;5*1H4;2*1H. The van der Waals surface area contributed by atoms with Gasteiger partial charge in [0.1, 0.15) is 0 Å². The lowest BCUT2D eigenvalue weighted by molar-refractivity contribution is 1.94. The molecule has 0 rings (SSSR count). The molecule has 0 aromatic rings. The fourth-order valence-electron chi connectivity index (χ4n) is 0. The first-order chi connectivity index (χ1) is 1.41. The Balaban J connectivity index is -0.000000000952. The van der Waals surface area contributed by atoms with Crippen LogP contribution in [0, 0.1) is 12.3 Å². The molecule has 0 heteroatoms. The van der Waals surface area contributed by atoms with Gasteiger partial charge in [0.05, 0.1) is 0 Å². The highest BCUT2D eigenvalue weighted by Crippen LogP contribution is 1.21. The monoisotopic (exact) mass is 124 g/mol. The van der Waals surface area contributed by atoms with E-state index in [4.69, 9.17) is 0 Å². The molecule has 0 saturated heterocycles. The van der Waals surface area contributed by atoms with Crippen LogP contribution in [0.2, 0.25) is 0 Å². The van der Waals surface area contributed by atoms with Crippen LogP contribution in [-0.4, -0.2) is 0 Å². The van der Waals surface area contributed by atoms with Crippen molar-refractivity contribution < 1.29 is 2.85 Å². The van der Waals surface area contributed by atoms with Gasteiger partial charge < -0.3 is 0 Å². The molecule has 0 aromatic carbocycles. The molecule has 0 fully saturated rings. The molecule has 0 heterocycles. The zero-order valence-corrected chi connectivity index (χ0v) is 2.08. The smallest absolute Gasteiger partial charge is 0 e. The van der Waals surface area contributed by atoms with Gasteiger partial charge in [0, 0.05) is 2.85 Å². The fraction of sp³-hybridized carbons (Fsp3) is 0.750. The van der Waals surface area contributed by atoms with Crippen molar-refractivity contribution in [1.82, 2.24) is 0 Å². The molecule has 0 aromatic heterocycles. The zero-order chi connectivity index (χ0) is 2.71. The van der Waals surface area contributed by atoms with Gasteiger partial charge in [0.2, 0.25) is 0 Å². The first kappa shape index (κ1) is 134. The topological polar surface area (TPSA) is 0 Å². The molecule has 0 aliphatic carbocycles. The summed E-state index contributed by atoms with van der Waals surface area (Å²) < 4.78 is 0. The van der Waals surface area contributed by atoms with E-state index in [1.807, 2.05) is 0 Å². The molecule has 60 valence electrons. The van der Waals surface area contributed by atoms with E-state index in [9.17, 15) is 0 Å². The Hall–Kier alpha value is -0.440. The second-order valence-electron chi connectivity index (χ2n) is 0.289. The Kier molecular flexibility index (Phi) is 10800. The van der Waals surface area contributed by atoms with E-state index in [0.29, 0.717) is 0 Å². The summed E-state index contributed by atoms with van der Waals surface area (Å²) in [5, 5.41) is 0. The van der Waals surface area contributed by atoms with Gasteiger partial charge in [-0.05, 0) is 6.92 Å². The van der Waals surface area contributed by atoms with Crippen LogP contribution in [0.1, 0.15) is 46.9 Å². The third-order valence-electron chi connectivity index (χ3n) is 0. The molecule has 0 nitrogen and oxygen atoms in total. The summed E-state index contributed by atoms with van der Waals surface area (Å²) in [5.74, 6) is 2.25. The molecule has 0 amide bonds. The fourth-order valence-corrected chi connectivity index (χ4v) is 0. The van der Waals surface area contributed by atoms with Crippen molar-refractivity contribution in [2.75, 3.05) is 0 Å². The van der Waals surface area contributed by atoms with Gasteiger partial charge in [-0.2, -0.15) is 0 Å². The second-order valence-corrected chi connectivity index (χ2v) is 0.289. The Labute approximate surface area is 60.3 Å². The van der Waals surface area contributed by atoms with Crippen LogP contribution >= 0.6 is 0 Å². The average Bonchev–Trinajstić information content (AvgIpc) is 0.918. The van der Waals surface area contributed by atoms with Crippen molar-refractivity contribution in [2.24, 2.45) is 0 Å². The predicted molar refractivity (Wildman–Crippen MR) is 52.4 cm³/mol. The third kappa shape index (κ3) is 597. The van der Waals surface area contributed by atoms with Crippen molar-refractivity contribution in [1.29, 1.82) is 0 Å². The number of terminal acetylenes is 1. The van der Waals surface area contributed by atoms with Crippen LogP contribution < -0.4 is 0 Å². The molecule has 0 saturated carbocycles. The molecule has 0 atom stereocenters. The van der Waals surface area contributed by atoms with Gasteiger partial charge in [-0.25, -0.2) is 0 Å². The van der Waals surface area contributed by atoms with Gasteiger partial charge in [-0.15, -0.1) is 12.3 Å². The van der Waals surface area contributed by atoms with Crippen LogP contribution in [0.25, 0.3) is 0 Å². The lowest BCUT2D eigenvalue weighted by atomic mass is 10.9. The van der Waals surface area contributed by atoms with E-state index >= 15 is 0 Å². The minimum absolute atomic E-state index is 0. The van der Waals surface area contributed by atoms with Crippen molar-refractivity contribution in [3.8, 4) is 12.3 Å². The van der Waals surface area contributed by atoms with Gasteiger partial charge in [0.15, 0.2) is 0 Å². The van der Waals surface area contributed by atoms with Crippen molar-refractivity contribution in [3.05, 3.63) is 0 Å². The lowest BCUT2D eigenvalue weighted by Crippen LogP contribution is -1.10. The largest absolute Gasteiger partial charge is 0.120 e. The maximum Gasteiger partial charge on any atom is 0 e. The predicted octanol–water partition coefficient (Wildman–Crippen LogP) is 4.31. The highest BCUT2D eigenvalue weighted by Gasteiger charge is 1.09. The zero-order valence-electron chi connectivity index (χ0n) is 2.08. The normalized spacial score (nSPS) is 1.00. The van der Waals surface area contributed by atoms with Gasteiger partial charge in [-0.3, -0.25) is 0 Å². The Morgan fingerprint density at radius 2 is 1.00 bits per heavy atom. The van der Waals surface area contributed by atoms with Crippen molar-refractivity contribution >= 4 is 0 Å². The molecule has 0 aliphatic rings. The summed E-state index contributed by atoms with van der Waals surface area (Å²) >= 11 is 0. The van der Waals surface area contributed by atoms with Crippen LogP contribution in [-0.2, 0) is 0 Å². The first-order valence-corrected chi connectivity index (χ1v) is 0.789. The first-order valence-electron chi connectivity index (χ1n) is 0.789. The minimum Gasteiger partial charge on any atom is -0.120 e. The van der Waals surface area contributed by atoms with E-state index < -0.39 is 0 Å². The van der Waals surface area contributed by atoms with Gasteiger partial charge >= 0.3 is 0 Å². The minimum atomic E-state index is 0. The summed E-state index contributed by atoms with van der Waals surface area (Å²) in [6, 6.07) is 0. The SMILES string of the molecule is C.C.C.C.C.C#CC.[HH].[HH]. The van der Waals surface area contributed by atoms with Crippen LogP contribution in [0.5, 0.6) is 0 Å². The highest BCUT2D eigenvalue weighted by atomic mass is 13.2. The quantitative estimate of drug-likeness (QED) is 0.422. The third-order valence-corrected chi connectivity index (χ3v) is 0. The molecule has 0 spiro atoms. The maximum absolute atomic E-state index is 4.60. The lowest BCUT2D eigenvalue weighted by Gasteiger charge is -1.23. The van der Waals surface area contributed by atoms with Crippen molar-refractivity contribution in [2.45, 2.75) is 44.1 Å². The molecule has 0 aliphatic heterocycles. The number of hydrogen-bond donors (Lipinski definition) is 0. The van der Waals surface area contributed by atoms with Gasteiger partial charge in [-0.1, -0.05) is 37.1 Å². The van der Waals surface area contributed by atoms with Crippen LogP contribution in [0.4, 0.5) is 0 Å². The molecular weight excluding hydrogens is 96.1 g/mol. The highest BCUT2D eigenvalue weighted by molar-refractivity contribution is 4.73. The summed E-state index contributed by atoms with van der Waals surface area (Å²) in [5.41, 5.74) is 0. The Bertz CT molecular complexity index is 28.7. The van der Waals surface area contributed by atoms with Crippen molar-refractivity contribution in [3.63, 3.8) is 0 Å². The molecular formula is C8H28. The summed E-state index contributed by atoms with van der Waals surface area (Å²) in [6.45, 7) is 1.65. The summed E-state index contributed by atoms with van der Waals surface area (Å²) in [6.07, 6.45) is 4.60. The molecule has 0 radical (unpaired) electrons. The summed E-state index contributed by atoms with van der Waals surface area (Å²) in [4.78, 5) is 0. The van der Waals surface area contributed by atoms with E-state index in [1.54, 1.807) is 6.92 Å². The number of rotatable bonds is 0. The van der Waals surface area contributed by atoms with Gasteiger partial charge in [0.25, 0.3) is 0 Å². The molecule has 0 N–H and O–H groups in total. The second kappa shape index (κ2) is 647. The molecule has 0 bridgehead atoms. The average molecular weight is 124 g/mol. The maximum atomic E-state index is 4.60. The van der Waals surface area contributed by atoms with E-state index in [1.165, 1.54) is 0 Å². The molecule has 8 heavy (non-hydrogen) atoms. The van der Waals surface area contributed by atoms with Crippen LogP contribution in [0.3, 0.4) is 0 Å². The van der Waals surface area contributed by atoms with E-state index in [2.05, 4.69) is 12.3 Å². The Morgan fingerprint density at radius 1 is 1.00 bits per heavy atom.